The van der Waals surface area contributed by atoms with E-state index in [0.717, 1.165) is 17.7 Å². The number of rotatable bonds is 4. The third-order valence-electron chi connectivity index (χ3n) is 7.53. The second-order valence-corrected chi connectivity index (χ2v) is 9.93. The second-order valence-electron chi connectivity index (χ2n) is 9.09. The SMILES string of the molecule is CCOC(=O)c1ccc(N2C(=O)[C@@H]3[C@H]4C[C@H]([C@@H]5ON=C(c6ccc(Cl)cc6Cl)[C@H]45)[C@@H]3C2=O)cc1. The molecule has 2 aromatic carbocycles. The van der Waals surface area contributed by atoms with Crippen molar-refractivity contribution in [3.05, 3.63) is 63.6 Å². The van der Waals surface area contributed by atoms with Gasteiger partial charge < -0.3 is 9.57 Å². The summed E-state index contributed by atoms with van der Waals surface area (Å²) in [5.41, 5.74) is 2.28. The number of nitrogens with zero attached hydrogens (tertiary/aromatic N) is 2. The van der Waals surface area contributed by atoms with Crippen molar-refractivity contribution in [2.75, 3.05) is 11.5 Å². The van der Waals surface area contributed by atoms with E-state index in [1.165, 1.54) is 4.90 Å². The van der Waals surface area contributed by atoms with E-state index in [-0.39, 0.29) is 42.3 Å². The maximum atomic E-state index is 13.5. The molecular formula is C25H20Cl2N2O5. The molecule has 9 heteroatoms. The van der Waals surface area contributed by atoms with Crippen molar-refractivity contribution in [3.63, 3.8) is 0 Å². The summed E-state index contributed by atoms with van der Waals surface area (Å²) < 4.78 is 5.01. The fourth-order valence-electron chi connectivity index (χ4n) is 6.26. The van der Waals surface area contributed by atoms with Gasteiger partial charge in [-0.15, -0.1) is 0 Å². The molecule has 0 unspecified atom stereocenters. The van der Waals surface area contributed by atoms with E-state index in [1.54, 1.807) is 43.3 Å². The van der Waals surface area contributed by atoms with Crippen LogP contribution in [0.1, 0.15) is 29.3 Å². The summed E-state index contributed by atoms with van der Waals surface area (Å²) in [7, 11) is 0. The highest BCUT2D eigenvalue weighted by Crippen LogP contribution is 2.62. The van der Waals surface area contributed by atoms with Crippen molar-refractivity contribution >= 4 is 52.4 Å². The molecule has 34 heavy (non-hydrogen) atoms. The zero-order valence-corrected chi connectivity index (χ0v) is 19.6. The maximum Gasteiger partial charge on any atom is 0.338 e. The van der Waals surface area contributed by atoms with Crippen molar-refractivity contribution in [1.29, 1.82) is 0 Å². The summed E-state index contributed by atoms with van der Waals surface area (Å²) >= 11 is 12.5. The number of esters is 1. The topological polar surface area (TPSA) is 85.3 Å². The first kappa shape index (κ1) is 21.6. The predicted octanol–water partition coefficient (Wildman–Crippen LogP) is 4.34. The number of oxime groups is 1. The van der Waals surface area contributed by atoms with Crippen LogP contribution >= 0.6 is 23.2 Å². The van der Waals surface area contributed by atoms with Crippen LogP contribution < -0.4 is 4.90 Å². The van der Waals surface area contributed by atoms with Gasteiger partial charge in [0.2, 0.25) is 11.8 Å². The monoisotopic (exact) mass is 498 g/mol. The van der Waals surface area contributed by atoms with Gasteiger partial charge in [0.25, 0.3) is 0 Å². The molecule has 2 saturated carbocycles. The summed E-state index contributed by atoms with van der Waals surface area (Å²) in [5, 5.41) is 5.33. The first-order chi connectivity index (χ1) is 16.4. The average Bonchev–Trinajstić information content (AvgIpc) is 3.55. The van der Waals surface area contributed by atoms with Gasteiger partial charge in [0.05, 0.1) is 40.4 Å². The Kier molecular flexibility index (Phi) is 4.97. The van der Waals surface area contributed by atoms with E-state index in [4.69, 9.17) is 32.8 Å². The first-order valence-electron chi connectivity index (χ1n) is 11.2. The number of carbonyl (C=O) groups excluding carboxylic acids is 3. The van der Waals surface area contributed by atoms with Crippen LogP contribution in [0.3, 0.4) is 0 Å². The molecule has 1 saturated heterocycles. The fourth-order valence-corrected chi connectivity index (χ4v) is 6.77. The zero-order valence-electron chi connectivity index (χ0n) is 18.1. The summed E-state index contributed by atoms with van der Waals surface area (Å²) in [6, 6.07) is 11.6. The molecule has 6 atom stereocenters. The number of amides is 2. The van der Waals surface area contributed by atoms with Gasteiger partial charge in [-0.1, -0.05) is 34.4 Å². The van der Waals surface area contributed by atoms with Gasteiger partial charge in [-0.05, 0) is 55.7 Å². The molecule has 2 aromatic rings. The molecule has 4 aliphatic rings. The summed E-state index contributed by atoms with van der Waals surface area (Å²) in [4.78, 5) is 46.0. The molecule has 174 valence electrons. The zero-order chi connectivity index (χ0) is 23.7. The van der Waals surface area contributed by atoms with Gasteiger partial charge in [-0.3, -0.25) is 14.5 Å². The highest BCUT2D eigenvalue weighted by molar-refractivity contribution is 6.37. The van der Waals surface area contributed by atoms with Crippen LogP contribution in [0, 0.1) is 29.6 Å². The number of ether oxygens (including phenoxy) is 1. The highest BCUT2D eigenvalue weighted by atomic mass is 35.5. The first-order valence-corrected chi connectivity index (χ1v) is 12.0. The van der Waals surface area contributed by atoms with Crippen LogP contribution in [0.2, 0.25) is 10.0 Å². The molecule has 2 aliphatic carbocycles. The van der Waals surface area contributed by atoms with Crippen LogP contribution in [-0.2, 0) is 19.2 Å². The maximum absolute atomic E-state index is 13.5. The Bertz CT molecular complexity index is 1260. The molecule has 2 aliphatic heterocycles. The van der Waals surface area contributed by atoms with Crippen LogP contribution in [-0.4, -0.2) is 36.2 Å². The summed E-state index contributed by atoms with van der Waals surface area (Å²) in [6.45, 7) is 2.00. The molecule has 0 spiro atoms. The smallest absolute Gasteiger partial charge is 0.338 e. The van der Waals surface area contributed by atoms with E-state index in [0.29, 0.717) is 21.3 Å². The molecule has 6 rings (SSSR count). The minimum absolute atomic E-state index is 0.0618. The highest BCUT2D eigenvalue weighted by Gasteiger charge is 2.70. The number of halogens is 2. The van der Waals surface area contributed by atoms with Crippen molar-refractivity contribution in [2.45, 2.75) is 19.4 Å². The van der Waals surface area contributed by atoms with Crippen molar-refractivity contribution in [1.82, 2.24) is 0 Å². The number of anilines is 1. The number of carbonyl (C=O) groups is 3. The molecule has 2 amide bonds. The Morgan fingerprint density at radius 3 is 2.44 bits per heavy atom. The van der Waals surface area contributed by atoms with Crippen LogP contribution in [0.25, 0.3) is 0 Å². The van der Waals surface area contributed by atoms with Crippen molar-refractivity contribution in [2.24, 2.45) is 34.7 Å². The van der Waals surface area contributed by atoms with Crippen LogP contribution in [0.5, 0.6) is 0 Å². The van der Waals surface area contributed by atoms with Gasteiger partial charge >= 0.3 is 5.97 Å². The van der Waals surface area contributed by atoms with Gasteiger partial charge in [-0.25, -0.2) is 4.79 Å². The van der Waals surface area contributed by atoms with Gasteiger partial charge in [0.1, 0.15) is 6.10 Å². The van der Waals surface area contributed by atoms with Crippen molar-refractivity contribution < 1.29 is 24.0 Å². The molecule has 0 radical (unpaired) electrons. The molecule has 7 nitrogen and oxygen atoms in total. The van der Waals surface area contributed by atoms with Crippen molar-refractivity contribution in [3.8, 4) is 0 Å². The molecule has 2 bridgehead atoms. The lowest BCUT2D eigenvalue weighted by Crippen LogP contribution is -2.41. The number of fused-ring (bicyclic) bond motifs is 8. The molecule has 0 aromatic heterocycles. The fraction of sp³-hybridized carbons (Fsp3) is 0.360. The Labute approximate surface area is 205 Å². The third-order valence-corrected chi connectivity index (χ3v) is 8.08. The van der Waals surface area contributed by atoms with Gasteiger partial charge in [-0.2, -0.15) is 0 Å². The molecule has 0 N–H and O–H groups in total. The molecule has 3 fully saturated rings. The van der Waals surface area contributed by atoms with E-state index in [9.17, 15) is 14.4 Å². The van der Waals surface area contributed by atoms with E-state index < -0.39 is 17.8 Å². The minimum atomic E-state index is -0.444. The summed E-state index contributed by atoms with van der Waals surface area (Å²) in [5.74, 6) is -1.99. The predicted molar refractivity (Wildman–Crippen MR) is 125 cm³/mol. The minimum Gasteiger partial charge on any atom is -0.462 e. The van der Waals surface area contributed by atoms with Crippen LogP contribution in [0.15, 0.2) is 47.6 Å². The molecule has 2 heterocycles. The molecular weight excluding hydrogens is 479 g/mol. The Morgan fingerprint density at radius 2 is 1.76 bits per heavy atom. The number of hydrogen-bond acceptors (Lipinski definition) is 6. The second kappa shape index (κ2) is 7.82. The Balaban J connectivity index is 1.29. The van der Waals surface area contributed by atoms with E-state index in [2.05, 4.69) is 5.16 Å². The number of imide groups is 1. The average molecular weight is 499 g/mol. The largest absolute Gasteiger partial charge is 0.462 e. The third kappa shape index (κ3) is 2.96. The van der Waals surface area contributed by atoms with Crippen LogP contribution in [0.4, 0.5) is 5.69 Å². The Morgan fingerprint density at radius 1 is 1.06 bits per heavy atom. The number of benzene rings is 2. The lowest BCUT2D eigenvalue weighted by molar-refractivity contribution is -0.125. The Hall–Kier alpha value is -2.90. The van der Waals surface area contributed by atoms with Gasteiger partial charge in [0, 0.05) is 22.4 Å². The number of hydrogen-bond donors (Lipinski definition) is 0. The quantitative estimate of drug-likeness (QED) is 0.462. The van der Waals surface area contributed by atoms with E-state index >= 15 is 0 Å². The lowest BCUT2D eigenvalue weighted by Gasteiger charge is -2.30. The normalized spacial score (nSPS) is 30.8. The lowest BCUT2D eigenvalue weighted by atomic mass is 9.71. The van der Waals surface area contributed by atoms with E-state index in [1.807, 2.05) is 6.07 Å². The summed E-state index contributed by atoms with van der Waals surface area (Å²) in [6.07, 6.45) is 0.484. The van der Waals surface area contributed by atoms with Gasteiger partial charge in [0.15, 0.2) is 0 Å². The standard InChI is InChI=1S/C25H20Cl2N2O5/c1-2-33-25(32)11-3-6-13(7-4-11)29-23(30)18-15-10-16(19(18)24(29)31)22-20(15)21(28-34-22)14-8-5-12(26)9-17(14)27/h3-9,15-16,18-20,22H,2,10H2,1H3/t15-,16+,18-,19+,20+,22+/m1/s1.